The normalized spacial score (nSPS) is 14.2. The second kappa shape index (κ2) is 4.40. The van der Waals surface area contributed by atoms with Crippen LogP contribution in [0.3, 0.4) is 0 Å². The molecule has 1 heterocycles. The maximum atomic E-state index is 11.6. The summed E-state index contributed by atoms with van der Waals surface area (Å²) >= 11 is 0. The Balaban J connectivity index is 2.35. The molecule has 0 aromatic carbocycles. The third-order valence-electron chi connectivity index (χ3n) is 2.38. The van der Waals surface area contributed by atoms with Crippen LogP contribution in [-0.2, 0) is 0 Å². The van der Waals surface area contributed by atoms with Crippen molar-refractivity contribution in [2.75, 3.05) is 7.05 Å². The Kier molecular flexibility index (Phi) is 2.95. The molecule has 0 aliphatic heterocycles. The van der Waals surface area contributed by atoms with Gasteiger partial charge in [0.15, 0.2) is 5.75 Å². The van der Waals surface area contributed by atoms with Crippen molar-refractivity contribution in [2.45, 2.75) is 18.9 Å². The zero-order valence-electron chi connectivity index (χ0n) is 9.27. The summed E-state index contributed by atoms with van der Waals surface area (Å²) in [6, 6.07) is 1.22. The summed E-state index contributed by atoms with van der Waals surface area (Å²) in [6.07, 6.45) is 3.31. The summed E-state index contributed by atoms with van der Waals surface area (Å²) in [5, 5.41) is 11.3. The summed E-state index contributed by atoms with van der Waals surface area (Å²) < 4.78 is 5.50. The number of aromatic nitrogens is 1. The first-order chi connectivity index (χ1) is 8.11. The number of carbonyl (C=O) groups excluding carboxylic acids is 1. The quantitative estimate of drug-likeness (QED) is 0.802. The average Bonchev–Trinajstić information content (AvgIpc) is 3.12. The summed E-state index contributed by atoms with van der Waals surface area (Å²) in [6.45, 7) is 0. The van der Waals surface area contributed by atoms with Gasteiger partial charge in [0.25, 0.3) is 5.91 Å². The minimum absolute atomic E-state index is 0.121. The lowest BCUT2D eigenvalue weighted by atomic mass is 10.2. The van der Waals surface area contributed by atoms with Crippen LogP contribution in [0.1, 0.15) is 33.7 Å². The highest BCUT2D eigenvalue weighted by molar-refractivity contribution is 5.98. The van der Waals surface area contributed by atoms with Crippen molar-refractivity contribution in [3.8, 4) is 5.75 Å². The smallest absolute Gasteiger partial charge is 0.354 e. The SMILES string of the molecule is CNC(=O)c1cc(C(=O)O)ncc1OC1CC1. The van der Waals surface area contributed by atoms with Crippen LogP contribution in [0.15, 0.2) is 12.3 Å². The van der Waals surface area contributed by atoms with Crippen molar-refractivity contribution in [1.82, 2.24) is 10.3 Å². The second-order valence-corrected chi connectivity index (χ2v) is 3.77. The minimum atomic E-state index is -1.17. The Hall–Kier alpha value is -2.11. The number of nitrogens with zero attached hydrogens (tertiary/aromatic N) is 1. The standard InChI is InChI=1S/C11H12N2O4/c1-12-10(14)7-4-8(11(15)16)13-5-9(7)17-6-2-3-6/h4-6H,2-3H2,1H3,(H,12,14)(H,15,16). The highest BCUT2D eigenvalue weighted by atomic mass is 16.5. The van der Waals surface area contributed by atoms with Gasteiger partial charge in [-0.1, -0.05) is 0 Å². The lowest BCUT2D eigenvalue weighted by Crippen LogP contribution is -2.20. The molecule has 1 aliphatic rings. The van der Waals surface area contributed by atoms with Gasteiger partial charge in [-0.2, -0.15) is 0 Å². The summed E-state index contributed by atoms with van der Waals surface area (Å²) in [4.78, 5) is 26.1. The average molecular weight is 236 g/mol. The van der Waals surface area contributed by atoms with Gasteiger partial charge in [-0.3, -0.25) is 4.79 Å². The van der Waals surface area contributed by atoms with Crippen LogP contribution in [0.5, 0.6) is 5.75 Å². The topological polar surface area (TPSA) is 88.5 Å². The van der Waals surface area contributed by atoms with Crippen LogP contribution in [-0.4, -0.2) is 35.1 Å². The van der Waals surface area contributed by atoms with Crippen LogP contribution >= 0.6 is 0 Å². The lowest BCUT2D eigenvalue weighted by Gasteiger charge is -2.09. The molecular formula is C11H12N2O4. The maximum absolute atomic E-state index is 11.6. The highest BCUT2D eigenvalue weighted by Gasteiger charge is 2.26. The van der Waals surface area contributed by atoms with Crippen LogP contribution in [0.25, 0.3) is 0 Å². The molecule has 6 nitrogen and oxygen atoms in total. The molecular weight excluding hydrogens is 224 g/mol. The molecule has 90 valence electrons. The Morgan fingerprint density at radius 3 is 2.76 bits per heavy atom. The molecule has 0 unspecified atom stereocenters. The lowest BCUT2D eigenvalue weighted by molar-refractivity contribution is 0.0690. The molecule has 1 aromatic rings. The number of pyridine rings is 1. The summed E-state index contributed by atoms with van der Waals surface area (Å²) in [7, 11) is 1.48. The molecule has 1 aromatic heterocycles. The molecule has 17 heavy (non-hydrogen) atoms. The predicted molar refractivity (Wildman–Crippen MR) is 58.2 cm³/mol. The van der Waals surface area contributed by atoms with E-state index in [2.05, 4.69) is 10.3 Å². The van der Waals surface area contributed by atoms with Gasteiger partial charge in [0.1, 0.15) is 5.69 Å². The van der Waals surface area contributed by atoms with Crippen molar-refractivity contribution in [3.05, 3.63) is 23.5 Å². The van der Waals surface area contributed by atoms with E-state index in [0.717, 1.165) is 12.8 Å². The monoisotopic (exact) mass is 236 g/mol. The number of carboxylic acid groups (broad SMARTS) is 1. The number of hydrogen-bond donors (Lipinski definition) is 2. The Morgan fingerprint density at radius 2 is 2.24 bits per heavy atom. The number of hydrogen-bond acceptors (Lipinski definition) is 4. The van der Waals surface area contributed by atoms with E-state index in [9.17, 15) is 9.59 Å². The molecule has 1 amide bonds. The Bertz CT molecular complexity index is 469. The highest BCUT2D eigenvalue weighted by Crippen LogP contribution is 2.28. The molecule has 1 saturated carbocycles. The molecule has 2 N–H and O–H groups in total. The zero-order valence-corrected chi connectivity index (χ0v) is 9.27. The fraction of sp³-hybridized carbons (Fsp3) is 0.364. The first-order valence-electron chi connectivity index (χ1n) is 5.24. The number of aromatic carboxylic acids is 1. The van der Waals surface area contributed by atoms with Crippen molar-refractivity contribution >= 4 is 11.9 Å². The van der Waals surface area contributed by atoms with Gasteiger partial charge in [0.2, 0.25) is 0 Å². The van der Waals surface area contributed by atoms with E-state index in [1.54, 1.807) is 0 Å². The number of ether oxygens (including phenoxy) is 1. The van der Waals surface area contributed by atoms with E-state index in [0.29, 0.717) is 5.75 Å². The fourth-order valence-electron chi connectivity index (χ4n) is 1.33. The van der Waals surface area contributed by atoms with Crippen molar-refractivity contribution < 1.29 is 19.4 Å². The number of nitrogens with one attached hydrogen (secondary N) is 1. The molecule has 0 bridgehead atoms. The molecule has 1 aliphatic carbocycles. The van der Waals surface area contributed by atoms with E-state index in [4.69, 9.17) is 9.84 Å². The third-order valence-corrected chi connectivity index (χ3v) is 2.38. The van der Waals surface area contributed by atoms with Gasteiger partial charge in [-0.25, -0.2) is 9.78 Å². The van der Waals surface area contributed by atoms with E-state index in [1.807, 2.05) is 0 Å². The first-order valence-corrected chi connectivity index (χ1v) is 5.24. The molecule has 0 spiro atoms. The fourth-order valence-corrected chi connectivity index (χ4v) is 1.33. The van der Waals surface area contributed by atoms with Crippen LogP contribution in [0, 0.1) is 0 Å². The largest absolute Gasteiger partial charge is 0.488 e. The Morgan fingerprint density at radius 1 is 1.53 bits per heavy atom. The van der Waals surface area contributed by atoms with E-state index < -0.39 is 5.97 Å². The Labute approximate surface area is 97.6 Å². The molecule has 1 fully saturated rings. The minimum Gasteiger partial charge on any atom is -0.488 e. The number of carbonyl (C=O) groups is 2. The molecule has 0 radical (unpaired) electrons. The zero-order chi connectivity index (χ0) is 12.4. The van der Waals surface area contributed by atoms with Crippen molar-refractivity contribution in [1.29, 1.82) is 0 Å². The summed E-state index contributed by atoms with van der Waals surface area (Å²) in [5.41, 5.74) is 0.0264. The molecule has 0 atom stereocenters. The van der Waals surface area contributed by atoms with Crippen LogP contribution < -0.4 is 10.1 Å². The third kappa shape index (κ3) is 2.52. The first kappa shape index (κ1) is 11.4. The van der Waals surface area contributed by atoms with Gasteiger partial charge in [-0.15, -0.1) is 0 Å². The number of rotatable bonds is 4. The maximum Gasteiger partial charge on any atom is 0.354 e. The van der Waals surface area contributed by atoms with Gasteiger partial charge < -0.3 is 15.2 Å². The van der Waals surface area contributed by atoms with Gasteiger partial charge in [0.05, 0.1) is 17.9 Å². The van der Waals surface area contributed by atoms with E-state index >= 15 is 0 Å². The number of carboxylic acids is 1. The van der Waals surface area contributed by atoms with E-state index in [1.165, 1.54) is 19.3 Å². The van der Waals surface area contributed by atoms with Crippen LogP contribution in [0.2, 0.25) is 0 Å². The van der Waals surface area contributed by atoms with Crippen molar-refractivity contribution in [3.63, 3.8) is 0 Å². The molecule has 2 rings (SSSR count). The molecule has 6 heteroatoms. The second-order valence-electron chi connectivity index (χ2n) is 3.77. The van der Waals surface area contributed by atoms with Crippen molar-refractivity contribution in [2.24, 2.45) is 0 Å². The van der Waals surface area contributed by atoms with Gasteiger partial charge >= 0.3 is 5.97 Å². The van der Waals surface area contributed by atoms with Crippen LogP contribution in [0.4, 0.5) is 0 Å². The van der Waals surface area contributed by atoms with Gasteiger partial charge in [0, 0.05) is 7.05 Å². The summed E-state index contributed by atoms with van der Waals surface area (Å²) in [5.74, 6) is -1.23. The predicted octanol–water partition coefficient (Wildman–Crippen LogP) is 0.681. The van der Waals surface area contributed by atoms with E-state index in [-0.39, 0.29) is 23.3 Å². The number of amides is 1. The molecule has 0 saturated heterocycles. The van der Waals surface area contributed by atoms with Gasteiger partial charge in [-0.05, 0) is 18.9 Å².